The number of imidazole rings is 1. The van der Waals surface area contributed by atoms with Crippen molar-refractivity contribution in [1.29, 1.82) is 0 Å². The van der Waals surface area contributed by atoms with Crippen LogP contribution in [0.1, 0.15) is 30.6 Å². The number of aromatic nitrogens is 4. The van der Waals surface area contributed by atoms with E-state index in [1.165, 1.54) is 18.5 Å². The van der Waals surface area contributed by atoms with E-state index in [1.54, 1.807) is 0 Å². The molecule has 0 atom stereocenters. The lowest BCUT2D eigenvalue weighted by Crippen LogP contribution is -2.47. The summed E-state index contributed by atoms with van der Waals surface area (Å²) in [4.78, 5) is 6.74. The van der Waals surface area contributed by atoms with Gasteiger partial charge in [0, 0.05) is 38.1 Å². The van der Waals surface area contributed by atoms with E-state index in [2.05, 4.69) is 46.4 Å². The van der Waals surface area contributed by atoms with E-state index in [9.17, 15) is 0 Å². The number of nitrogens with zero attached hydrogens (tertiary/aromatic N) is 5. The fraction of sp³-hybridized carbons (Fsp3) is 0.538. The lowest BCUT2D eigenvalue weighted by Gasteiger charge is -2.39. The smallest absolute Gasteiger partial charge is 0.0951 e. The molecule has 2 aromatic heterocycles. The first-order chi connectivity index (χ1) is 9.29. The molecule has 100 valence electrons. The van der Waals surface area contributed by atoms with Crippen LogP contribution in [0.3, 0.4) is 0 Å². The maximum Gasteiger partial charge on any atom is 0.0951 e. The van der Waals surface area contributed by atoms with Crippen LogP contribution in [0.15, 0.2) is 29.4 Å². The summed E-state index contributed by atoms with van der Waals surface area (Å²) in [5.41, 5.74) is 1.35. The monoisotopic (exact) mass is 321 g/mol. The van der Waals surface area contributed by atoms with Crippen molar-refractivity contribution in [3.63, 3.8) is 0 Å². The molecule has 0 bridgehead atoms. The van der Waals surface area contributed by atoms with Crippen molar-refractivity contribution in [3.8, 4) is 0 Å². The van der Waals surface area contributed by atoms with Gasteiger partial charge in [0.05, 0.1) is 28.7 Å². The lowest BCUT2D eigenvalue weighted by molar-refractivity contribution is 0.0882. The van der Waals surface area contributed by atoms with Crippen LogP contribution >= 0.6 is 15.9 Å². The van der Waals surface area contributed by atoms with Crippen LogP contribution in [0.2, 0.25) is 0 Å². The normalized spacial score (nSPS) is 20.7. The van der Waals surface area contributed by atoms with Gasteiger partial charge >= 0.3 is 0 Å². The zero-order valence-electron chi connectivity index (χ0n) is 10.6. The first-order valence-corrected chi connectivity index (χ1v) is 7.51. The Morgan fingerprint density at radius 1 is 1.21 bits per heavy atom. The molecule has 0 unspecified atom stereocenters. The van der Waals surface area contributed by atoms with Crippen molar-refractivity contribution in [2.45, 2.75) is 31.5 Å². The molecular formula is C13H16BrN5. The second-order valence-corrected chi connectivity index (χ2v) is 6.43. The first kappa shape index (κ1) is 11.7. The van der Waals surface area contributed by atoms with E-state index in [4.69, 9.17) is 0 Å². The molecule has 0 spiro atoms. The molecule has 4 rings (SSSR count). The quantitative estimate of drug-likeness (QED) is 0.866. The summed E-state index contributed by atoms with van der Waals surface area (Å²) in [5, 5.41) is 4.35. The Hall–Kier alpha value is -1.14. The molecule has 1 aliphatic heterocycles. The van der Waals surface area contributed by atoms with Gasteiger partial charge in [0.25, 0.3) is 0 Å². The molecule has 0 radical (unpaired) electrons. The van der Waals surface area contributed by atoms with Gasteiger partial charge in [-0.05, 0) is 28.8 Å². The highest BCUT2D eigenvalue weighted by atomic mass is 79.9. The predicted octanol–water partition coefficient (Wildman–Crippen LogP) is 2.23. The van der Waals surface area contributed by atoms with Gasteiger partial charge in [0.1, 0.15) is 0 Å². The standard InChI is InChI=1S/C13H16BrN5/c14-10-3-16-19(5-10)13-7-17(8-13)6-12-4-15-9-18(12)11-1-2-11/h3-5,9,11,13H,1-2,6-8H2. The summed E-state index contributed by atoms with van der Waals surface area (Å²) in [6.07, 6.45) is 10.5. The van der Waals surface area contributed by atoms with Crippen molar-refractivity contribution in [1.82, 2.24) is 24.2 Å². The molecule has 0 aromatic carbocycles. The van der Waals surface area contributed by atoms with Crippen LogP contribution in [0.5, 0.6) is 0 Å². The predicted molar refractivity (Wildman–Crippen MR) is 74.7 cm³/mol. The van der Waals surface area contributed by atoms with Gasteiger partial charge in [-0.15, -0.1) is 0 Å². The van der Waals surface area contributed by atoms with Crippen LogP contribution in [0.4, 0.5) is 0 Å². The summed E-state index contributed by atoms with van der Waals surface area (Å²) in [5.74, 6) is 0. The third-order valence-electron chi connectivity index (χ3n) is 3.95. The molecular weight excluding hydrogens is 306 g/mol. The molecule has 2 aliphatic rings. The number of likely N-dealkylation sites (tertiary alicyclic amines) is 1. The van der Waals surface area contributed by atoms with E-state index >= 15 is 0 Å². The van der Waals surface area contributed by atoms with E-state index in [0.717, 1.165) is 30.1 Å². The average molecular weight is 322 g/mol. The minimum absolute atomic E-state index is 0.517. The molecule has 2 fully saturated rings. The molecule has 0 N–H and O–H groups in total. The van der Waals surface area contributed by atoms with Gasteiger partial charge in [-0.1, -0.05) is 0 Å². The van der Waals surface area contributed by atoms with Crippen molar-refractivity contribution >= 4 is 15.9 Å². The number of hydrogen-bond donors (Lipinski definition) is 0. The molecule has 19 heavy (non-hydrogen) atoms. The zero-order valence-corrected chi connectivity index (χ0v) is 12.2. The Morgan fingerprint density at radius 2 is 2.05 bits per heavy atom. The largest absolute Gasteiger partial charge is 0.330 e. The summed E-state index contributed by atoms with van der Waals surface area (Å²) in [6, 6.07) is 1.24. The van der Waals surface area contributed by atoms with Gasteiger partial charge in [0.2, 0.25) is 0 Å². The second kappa shape index (κ2) is 4.45. The Balaban J connectivity index is 1.37. The van der Waals surface area contributed by atoms with Gasteiger partial charge in [-0.3, -0.25) is 9.58 Å². The Morgan fingerprint density at radius 3 is 2.74 bits per heavy atom. The third-order valence-corrected chi connectivity index (χ3v) is 4.36. The van der Waals surface area contributed by atoms with E-state index in [0.29, 0.717) is 6.04 Å². The lowest BCUT2D eigenvalue weighted by atomic mass is 10.1. The van der Waals surface area contributed by atoms with Crippen LogP contribution in [-0.2, 0) is 6.54 Å². The molecule has 1 saturated heterocycles. The fourth-order valence-electron chi connectivity index (χ4n) is 2.72. The maximum atomic E-state index is 4.35. The number of halogens is 1. The number of hydrogen-bond acceptors (Lipinski definition) is 3. The third kappa shape index (κ3) is 2.23. The topological polar surface area (TPSA) is 38.9 Å². The van der Waals surface area contributed by atoms with Crippen molar-refractivity contribution in [3.05, 3.63) is 35.1 Å². The highest BCUT2D eigenvalue weighted by Gasteiger charge is 2.31. The van der Waals surface area contributed by atoms with Crippen LogP contribution in [0.25, 0.3) is 0 Å². The average Bonchev–Trinajstić information content (AvgIpc) is 2.94. The molecule has 3 heterocycles. The first-order valence-electron chi connectivity index (χ1n) is 6.72. The minimum atomic E-state index is 0.517. The molecule has 6 heteroatoms. The second-order valence-electron chi connectivity index (χ2n) is 5.51. The van der Waals surface area contributed by atoms with Gasteiger partial charge < -0.3 is 4.57 Å². The summed E-state index contributed by atoms with van der Waals surface area (Å²) < 4.78 is 5.45. The molecule has 0 amide bonds. The SMILES string of the molecule is Brc1cnn(C2CN(Cc3cncn3C3CC3)C2)c1. The Kier molecular flexibility index (Phi) is 2.73. The van der Waals surface area contributed by atoms with Gasteiger partial charge in [0.15, 0.2) is 0 Å². The summed E-state index contributed by atoms with van der Waals surface area (Å²) in [7, 11) is 0. The van der Waals surface area contributed by atoms with Crippen LogP contribution < -0.4 is 0 Å². The molecule has 1 aliphatic carbocycles. The van der Waals surface area contributed by atoms with E-state index in [1.807, 2.05) is 18.7 Å². The Labute approximate surface area is 120 Å². The maximum absolute atomic E-state index is 4.35. The highest BCUT2D eigenvalue weighted by Crippen LogP contribution is 2.36. The minimum Gasteiger partial charge on any atom is -0.330 e. The van der Waals surface area contributed by atoms with Crippen molar-refractivity contribution in [2.24, 2.45) is 0 Å². The zero-order chi connectivity index (χ0) is 12.8. The molecule has 1 saturated carbocycles. The van der Waals surface area contributed by atoms with E-state index in [-0.39, 0.29) is 0 Å². The van der Waals surface area contributed by atoms with Crippen LogP contribution in [-0.4, -0.2) is 37.3 Å². The van der Waals surface area contributed by atoms with E-state index < -0.39 is 0 Å². The summed E-state index contributed by atoms with van der Waals surface area (Å²) in [6.45, 7) is 3.16. The summed E-state index contributed by atoms with van der Waals surface area (Å²) >= 11 is 3.44. The molecule has 5 nitrogen and oxygen atoms in total. The fourth-order valence-corrected chi connectivity index (χ4v) is 3.02. The van der Waals surface area contributed by atoms with Gasteiger partial charge in [-0.25, -0.2) is 4.98 Å². The molecule has 2 aromatic rings. The van der Waals surface area contributed by atoms with Crippen molar-refractivity contribution in [2.75, 3.05) is 13.1 Å². The highest BCUT2D eigenvalue weighted by molar-refractivity contribution is 9.10. The van der Waals surface area contributed by atoms with Crippen LogP contribution in [0, 0.1) is 0 Å². The van der Waals surface area contributed by atoms with Crippen molar-refractivity contribution < 1.29 is 0 Å². The Bertz CT molecular complexity index is 579. The number of rotatable bonds is 4. The van der Waals surface area contributed by atoms with Gasteiger partial charge in [-0.2, -0.15) is 5.10 Å².